The van der Waals surface area contributed by atoms with Gasteiger partial charge in [0.1, 0.15) is 0 Å². The van der Waals surface area contributed by atoms with Crippen molar-refractivity contribution in [3.8, 4) is 0 Å². The van der Waals surface area contributed by atoms with Crippen LogP contribution in [0.2, 0.25) is 0 Å². The van der Waals surface area contributed by atoms with Gasteiger partial charge in [0.15, 0.2) is 0 Å². The molecule has 0 spiro atoms. The Balaban J connectivity index is 0.000000625. The molecule has 5 saturated heterocycles. The second-order valence-corrected chi connectivity index (χ2v) is 49.8. The summed E-state index contributed by atoms with van der Waals surface area (Å²) in [6, 6.07) is 0. The van der Waals surface area contributed by atoms with E-state index in [2.05, 4.69) is 376 Å². The summed E-state index contributed by atoms with van der Waals surface area (Å²) in [5.74, 6) is 3.32. The van der Waals surface area contributed by atoms with Crippen LogP contribution in [0.15, 0.2) is 0 Å². The average Bonchev–Trinajstić information content (AvgIpc) is 0.789. The van der Waals surface area contributed by atoms with Crippen molar-refractivity contribution in [3.63, 3.8) is 0 Å². The lowest BCUT2D eigenvalue weighted by Gasteiger charge is -2.55. The van der Waals surface area contributed by atoms with E-state index in [1.165, 1.54) is 130 Å². The molecule has 5 rings (SSSR count). The van der Waals surface area contributed by atoms with E-state index in [1.54, 1.807) is 0 Å². The summed E-state index contributed by atoms with van der Waals surface area (Å²) in [6.45, 7) is 135. The second-order valence-electron chi connectivity index (χ2n) is 49.8. The third-order valence-electron chi connectivity index (χ3n) is 34.7. The molecule has 0 radical (unpaired) electrons. The van der Waals surface area contributed by atoms with Crippen molar-refractivity contribution in [3.05, 3.63) is 0 Å². The Morgan fingerprint density at radius 3 is 0.460 bits per heavy atom. The quantitative estimate of drug-likeness (QED) is 0.216. The van der Waals surface area contributed by atoms with Gasteiger partial charge in [-0.2, -0.15) is 0 Å². The Morgan fingerprint density at radius 2 is 0.300 bits per heavy atom. The fourth-order valence-corrected chi connectivity index (χ4v) is 15.6. The molecular formula is C94H194N6. The molecule has 0 saturated carbocycles. The van der Waals surface area contributed by atoms with Crippen molar-refractivity contribution in [1.29, 1.82) is 0 Å². The van der Waals surface area contributed by atoms with Crippen LogP contribution in [0.4, 0.5) is 0 Å². The summed E-state index contributed by atoms with van der Waals surface area (Å²) in [6.07, 6.45) is 10.9. The highest BCUT2D eigenvalue weighted by molar-refractivity contribution is 5.05. The number of piperazine rings is 1. The van der Waals surface area contributed by atoms with Crippen LogP contribution in [0.5, 0.6) is 0 Å². The van der Waals surface area contributed by atoms with Gasteiger partial charge < -0.3 is 0 Å². The van der Waals surface area contributed by atoms with Crippen LogP contribution < -0.4 is 0 Å². The molecule has 5 fully saturated rings. The molecule has 5 aliphatic heterocycles. The molecule has 5 aliphatic rings. The van der Waals surface area contributed by atoms with Crippen LogP contribution in [-0.4, -0.2) is 141 Å². The molecule has 2 unspecified atom stereocenters. The summed E-state index contributed by atoms with van der Waals surface area (Å²) >= 11 is 0. The summed E-state index contributed by atoms with van der Waals surface area (Å²) in [7, 11) is 0. The Bertz CT molecular complexity index is 2000. The van der Waals surface area contributed by atoms with Crippen LogP contribution in [0.3, 0.4) is 0 Å². The highest BCUT2D eigenvalue weighted by Crippen LogP contribution is 2.54. The molecule has 600 valence electrons. The number of likely N-dealkylation sites (tertiary alicyclic amines) is 4. The number of nitrogens with zero attached hydrogens (tertiary/aromatic N) is 6. The first-order valence-corrected chi connectivity index (χ1v) is 42.1. The Hall–Kier alpha value is -0.240. The van der Waals surface area contributed by atoms with Crippen LogP contribution in [0.25, 0.3) is 0 Å². The van der Waals surface area contributed by atoms with Gasteiger partial charge in [0.25, 0.3) is 0 Å². The van der Waals surface area contributed by atoms with Gasteiger partial charge in [-0.05, 0) is 273 Å². The first-order chi connectivity index (χ1) is 43.6. The van der Waals surface area contributed by atoms with E-state index in [0.717, 1.165) is 23.7 Å². The molecule has 0 aliphatic carbocycles. The van der Waals surface area contributed by atoms with Gasteiger partial charge in [0.2, 0.25) is 0 Å². The third kappa shape index (κ3) is 22.9. The molecule has 6 heteroatoms. The monoisotopic (exact) mass is 1410 g/mol. The van der Waals surface area contributed by atoms with Gasteiger partial charge in [0, 0.05) is 72.5 Å². The van der Waals surface area contributed by atoms with Crippen molar-refractivity contribution in [1.82, 2.24) is 29.4 Å². The largest absolute Gasteiger partial charge is 0.298 e. The molecule has 0 amide bonds. The molecule has 0 N–H and O–H groups in total. The lowest BCUT2D eigenvalue weighted by Crippen LogP contribution is -2.64. The van der Waals surface area contributed by atoms with Gasteiger partial charge in [-0.3, -0.25) is 29.4 Å². The molecule has 0 aromatic carbocycles. The van der Waals surface area contributed by atoms with E-state index in [0.29, 0.717) is 75.8 Å². The van der Waals surface area contributed by atoms with Gasteiger partial charge in [-0.15, -0.1) is 0 Å². The summed E-state index contributed by atoms with van der Waals surface area (Å²) in [5, 5.41) is 0. The van der Waals surface area contributed by atoms with E-state index in [9.17, 15) is 0 Å². The van der Waals surface area contributed by atoms with Crippen molar-refractivity contribution in [2.24, 2.45) is 99.5 Å². The zero-order valence-corrected chi connectivity index (χ0v) is 79.1. The first-order valence-electron chi connectivity index (χ1n) is 42.1. The smallest absolute Gasteiger partial charge is 0.0202 e. The maximum Gasteiger partial charge on any atom is 0.0202 e. The Kier molecular flexibility index (Phi) is 32.0. The van der Waals surface area contributed by atoms with Crippen LogP contribution in [-0.2, 0) is 0 Å². The standard InChI is InChI=1S/4C19H39N.C18H38N2/c2*1-16(2,3)18(7,8)15-11-13-20(14-12-15)19(9,10)17(4,5)6;2*1-16(2,3)18(7,8)15-12-11-13-20(14-15)19(9,10)17(4,5)6;1-15(2,3)17(7,8)19-11-13-20(14-12-19)18(9,10)16(4,5)6/h4*15H,11-14H2,1-10H3;11-14H2,1-10H3. The third-order valence-corrected chi connectivity index (χ3v) is 34.7. The van der Waals surface area contributed by atoms with Crippen LogP contribution >= 0.6 is 0 Å². The molecule has 2 atom stereocenters. The topological polar surface area (TPSA) is 19.4 Å². The molecule has 0 bridgehead atoms. The lowest BCUT2D eigenvalue weighted by atomic mass is 9.59. The molecule has 0 aromatic heterocycles. The Morgan fingerprint density at radius 1 is 0.150 bits per heavy atom. The summed E-state index contributed by atoms with van der Waals surface area (Å²) < 4.78 is 0. The zero-order valence-electron chi connectivity index (χ0n) is 79.1. The maximum atomic E-state index is 2.76. The van der Waals surface area contributed by atoms with Crippen LogP contribution in [0.1, 0.15) is 398 Å². The number of hydrogen-bond donors (Lipinski definition) is 0. The predicted octanol–water partition coefficient (Wildman–Crippen LogP) is 26.6. The minimum absolute atomic E-state index is 0.255. The number of rotatable bonds is 10. The first kappa shape index (κ1) is 97.8. The molecule has 100 heavy (non-hydrogen) atoms. The average molecular weight is 1410 g/mol. The minimum atomic E-state index is 0.255. The van der Waals surface area contributed by atoms with Crippen molar-refractivity contribution < 1.29 is 0 Å². The van der Waals surface area contributed by atoms with E-state index in [-0.39, 0.29) is 33.2 Å². The normalized spacial score (nSPS) is 22.4. The van der Waals surface area contributed by atoms with E-state index in [4.69, 9.17) is 0 Å². The van der Waals surface area contributed by atoms with E-state index in [1.807, 2.05) is 0 Å². The zero-order chi connectivity index (χ0) is 79.9. The molecule has 0 aromatic rings. The molecular weight excluding hydrogens is 1210 g/mol. The fourth-order valence-electron chi connectivity index (χ4n) is 15.6. The number of piperidine rings is 4. The SMILES string of the molecule is CC(C)(C)C(C)(C)C1CCCN(C(C)(C)C(C)(C)C)C1.CC(C)(C)C(C)(C)C1CCCN(C(C)(C)C(C)(C)C)C1.CC(C)(C)C(C)(C)C1CCN(C(C)(C)C(C)(C)C)CC1.CC(C)(C)C(C)(C)C1CCN(C(C)(C)C(C)(C)C)CC1.CC(C)(C)C(C)(C)N1CCN(C(C)(C)C(C)(C)C)CC1. The van der Waals surface area contributed by atoms with Crippen molar-refractivity contribution >= 4 is 0 Å². The fraction of sp³-hybridized carbons (Fsp3) is 1.00. The van der Waals surface area contributed by atoms with Crippen molar-refractivity contribution in [2.75, 3.05) is 78.5 Å². The lowest BCUT2D eigenvalue weighted by molar-refractivity contribution is -0.0590. The van der Waals surface area contributed by atoms with Gasteiger partial charge in [-0.1, -0.05) is 263 Å². The number of hydrogen-bond acceptors (Lipinski definition) is 6. The summed E-state index contributed by atoms with van der Waals surface area (Å²) in [4.78, 5) is 16.3. The molecule has 6 nitrogen and oxygen atoms in total. The van der Waals surface area contributed by atoms with E-state index >= 15 is 0 Å². The maximum absolute atomic E-state index is 2.76. The Labute approximate surface area is 634 Å². The summed E-state index contributed by atoms with van der Waals surface area (Å²) in [5.41, 5.74) is 6.67. The van der Waals surface area contributed by atoms with Crippen LogP contribution in [0, 0.1) is 99.5 Å². The van der Waals surface area contributed by atoms with E-state index < -0.39 is 0 Å². The van der Waals surface area contributed by atoms with Gasteiger partial charge >= 0.3 is 0 Å². The highest BCUT2D eigenvalue weighted by atomic mass is 15.3. The van der Waals surface area contributed by atoms with Crippen molar-refractivity contribution in [2.45, 2.75) is 431 Å². The molecule has 5 heterocycles. The van der Waals surface area contributed by atoms with Gasteiger partial charge in [0.05, 0.1) is 0 Å². The minimum Gasteiger partial charge on any atom is -0.298 e. The highest BCUT2D eigenvalue weighted by Gasteiger charge is 2.51. The predicted molar refractivity (Wildman–Crippen MR) is 454 cm³/mol. The van der Waals surface area contributed by atoms with Gasteiger partial charge in [-0.25, -0.2) is 0 Å². The second kappa shape index (κ2) is 32.8.